The summed E-state index contributed by atoms with van der Waals surface area (Å²) in [7, 11) is 0. The Kier molecular flexibility index (Phi) is 3.20. The highest BCUT2D eigenvalue weighted by molar-refractivity contribution is 5.86. The molecule has 3 nitrogen and oxygen atoms in total. The van der Waals surface area contributed by atoms with Gasteiger partial charge in [0.05, 0.1) is 0 Å². The number of nitrogens with two attached hydrogens (primary N) is 1. The first-order valence-electron chi connectivity index (χ1n) is 6.19. The van der Waals surface area contributed by atoms with Crippen LogP contribution < -0.4 is 11.1 Å². The van der Waals surface area contributed by atoms with Gasteiger partial charge >= 0.3 is 0 Å². The minimum absolute atomic E-state index is 0.263. The maximum Gasteiger partial charge on any atom is 0.242 e. The van der Waals surface area contributed by atoms with Gasteiger partial charge < -0.3 is 5.73 Å². The predicted molar refractivity (Wildman–Crippen MR) is 68.6 cm³/mol. The van der Waals surface area contributed by atoms with Gasteiger partial charge in [-0.3, -0.25) is 10.1 Å². The van der Waals surface area contributed by atoms with Crippen LogP contribution in [0.5, 0.6) is 0 Å². The van der Waals surface area contributed by atoms with Crippen molar-refractivity contribution in [2.24, 2.45) is 5.73 Å². The van der Waals surface area contributed by atoms with Crippen LogP contribution in [0, 0.1) is 13.8 Å². The van der Waals surface area contributed by atoms with Gasteiger partial charge in [0.25, 0.3) is 0 Å². The summed E-state index contributed by atoms with van der Waals surface area (Å²) < 4.78 is 0. The van der Waals surface area contributed by atoms with Crippen LogP contribution in [0.25, 0.3) is 0 Å². The topological polar surface area (TPSA) is 55.1 Å². The zero-order chi connectivity index (χ0) is 12.5. The minimum atomic E-state index is -0.656. The lowest BCUT2D eigenvalue weighted by atomic mass is 9.80. The molecule has 0 saturated carbocycles. The number of carbonyl (C=O) groups excluding carboxylic acids is 1. The van der Waals surface area contributed by atoms with Gasteiger partial charge in [0, 0.05) is 0 Å². The van der Waals surface area contributed by atoms with Crippen molar-refractivity contribution in [2.75, 3.05) is 6.54 Å². The third-order valence-corrected chi connectivity index (χ3v) is 3.83. The molecule has 0 bridgehead atoms. The molecule has 0 aliphatic carbocycles. The second-order valence-electron chi connectivity index (χ2n) is 4.95. The second-order valence-corrected chi connectivity index (χ2v) is 4.95. The number of amides is 1. The van der Waals surface area contributed by atoms with E-state index >= 15 is 0 Å². The molecule has 1 aromatic rings. The van der Waals surface area contributed by atoms with Crippen LogP contribution >= 0.6 is 0 Å². The summed E-state index contributed by atoms with van der Waals surface area (Å²) in [6.45, 7) is 5.00. The van der Waals surface area contributed by atoms with E-state index in [0.717, 1.165) is 31.4 Å². The van der Waals surface area contributed by atoms with Gasteiger partial charge in [-0.25, -0.2) is 0 Å². The van der Waals surface area contributed by atoms with Gasteiger partial charge in [0.1, 0.15) is 5.54 Å². The average molecular weight is 232 g/mol. The van der Waals surface area contributed by atoms with Gasteiger partial charge in [0.2, 0.25) is 5.91 Å². The first-order valence-corrected chi connectivity index (χ1v) is 6.19. The number of rotatable bonds is 2. The van der Waals surface area contributed by atoms with Gasteiger partial charge in [-0.1, -0.05) is 18.2 Å². The number of benzene rings is 1. The number of aryl methyl sites for hydroxylation is 2. The number of piperidine rings is 1. The molecule has 1 aliphatic heterocycles. The molecule has 2 rings (SSSR count). The van der Waals surface area contributed by atoms with Crippen molar-refractivity contribution < 1.29 is 4.79 Å². The number of nitrogens with one attached hydrogen (secondary N) is 1. The summed E-state index contributed by atoms with van der Waals surface area (Å²) >= 11 is 0. The van der Waals surface area contributed by atoms with Crippen LogP contribution in [-0.4, -0.2) is 12.5 Å². The SMILES string of the molecule is Cc1ccc(C2(C(N)=O)CCCCN2)cc1C. The van der Waals surface area contributed by atoms with Gasteiger partial charge in [0.15, 0.2) is 0 Å². The van der Waals surface area contributed by atoms with Crippen molar-refractivity contribution in [1.82, 2.24) is 5.32 Å². The lowest BCUT2D eigenvalue weighted by Gasteiger charge is -2.36. The van der Waals surface area contributed by atoms with Crippen LogP contribution in [0.2, 0.25) is 0 Å². The third-order valence-electron chi connectivity index (χ3n) is 3.83. The van der Waals surface area contributed by atoms with Crippen molar-refractivity contribution in [3.8, 4) is 0 Å². The lowest BCUT2D eigenvalue weighted by molar-refractivity contribution is -0.125. The Morgan fingerprint density at radius 3 is 2.59 bits per heavy atom. The van der Waals surface area contributed by atoms with E-state index in [1.165, 1.54) is 11.1 Å². The third kappa shape index (κ3) is 2.07. The Bertz CT molecular complexity index is 434. The molecule has 92 valence electrons. The normalized spacial score (nSPS) is 24.6. The Labute approximate surface area is 102 Å². The number of primary amides is 1. The molecule has 1 heterocycles. The Morgan fingerprint density at radius 1 is 1.29 bits per heavy atom. The molecular formula is C14H20N2O. The van der Waals surface area contributed by atoms with E-state index in [-0.39, 0.29) is 5.91 Å². The Balaban J connectivity index is 2.45. The van der Waals surface area contributed by atoms with Gasteiger partial charge in [-0.05, 0) is 56.3 Å². The van der Waals surface area contributed by atoms with Crippen LogP contribution in [0.1, 0.15) is 36.0 Å². The molecule has 1 aromatic carbocycles. The summed E-state index contributed by atoms with van der Waals surface area (Å²) in [4.78, 5) is 11.8. The molecule has 0 radical (unpaired) electrons. The van der Waals surface area contributed by atoms with E-state index in [1.54, 1.807) is 0 Å². The molecule has 3 N–H and O–H groups in total. The zero-order valence-corrected chi connectivity index (χ0v) is 10.5. The summed E-state index contributed by atoms with van der Waals surface area (Å²) in [6.07, 6.45) is 2.95. The van der Waals surface area contributed by atoms with Crippen LogP contribution in [0.4, 0.5) is 0 Å². The van der Waals surface area contributed by atoms with Crippen molar-refractivity contribution in [3.05, 3.63) is 34.9 Å². The van der Waals surface area contributed by atoms with E-state index in [4.69, 9.17) is 5.73 Å². The average Bonchev–Trinajstić information content (AvgIpc) is 2.33. The molecule has 0 spiro atoms. The van der Waals surface area contributed by atoms with Crippen molar-refractivity contribution in [3.63, 3.8) is 0 Å². The Hall–Kier alpha value is -1.35. The van der Waals surface area contributed by atoms with E-state index in [1.807, 2.05) is 6.07 Å². The van der Waals surface area contributed by atoms with E-state index in [9.17, 15) is 4.79 Å². The van der Waals surface area contributed by atoms with Crippen LogP contribution in [0.3, 0.4) is 0 Å². The highest BCUT2D eigenvalue weighted by atomic mass is 16.1. The highest BCUT2D eigenvalue weighted by Gasteiger charge is 2.39. The first-order chi connectivity index (χ1) is 8.06. The predicted octanol–water partition coefficient (Wildman–Crippen LogP) is 1.76. The quantitative estimate of drug-likeness (QED) is 0.816. The van der Waals surface area contributed by atoms with Crippen LogP contribution in [0.15, 0.2) is 18.2 Å². The molecule has 1 unspecified atom stereocenters. The summed E-state index contributed by atoms with van der Waals surface area (Å²) in [5.41, 5.74) is 8.42. The molecule has 1 saturated heterocycles. The monoisotopic (exact) mass is 232 g/mol. The van der Waals surface area contributed by atoms with E-state index in [2.05, 4.69) is 31.3 Å². The first kappa shape index (κ1) is 12.1. The fourth-order valence-corrected chi connectivity index (χ4v) is 2.51. The van der Waals surface area contributed by atoms with Crippen molar-refractivity contribution in [1.29, 1.82) is 0 Å². The van der Waals surface area contributed by atoms with E-state index in [0.29, 0.717) is 0 Å². The molecule has 1 amide bonds. The molecule has 3 heteroatoms. The summed E-state index contributed by atoms with van der Waals surface area (Å²) in [5.74, 6) is -0.263. The number of carbonyl (C=O) groups is 1. The van der Waals surface area contributed by atoms with Crippen LogP contribution in [-0.2, 0) is 10.3 Å². The van der Waals surface area contributed by atoms with Crippen molar-refractivity contribution >= 4 is 5.91 Å². The fourth-order valence-electron chi connectivity index (χ4n) is 2.51. The fraction of sp³-hybridized carbons (Fsp3) is 0.500. The minimum Gasteiger partial charge on any atom is -0.368 e. The van der Waals surface area contributed by atoms with Gasteiger partial charge in [-0.2, -0.15) is 0 Å². The molecule has 1 atom stereocenters. The van der Waals surface area contributed by atoms with Gasteiger partial charge in [-0.15, -0.1) is 0 Å². The number of hydrogen-bond acceptors (Lipinski definition) is 2. The lowest BCUT2D eigenvalue weighted by Crippen LogP contribution is -2.55. The molecule has 1 aliphatic rings. The largest absolute Gasteiger partial charge is 0.368 e. The standard InChI is InChI=1S/C14H20N2O/c1-10-5-6-12(9-11(10)2)14(13(15)17)7-3-4-8-16-14/h5-6,9,16H,3-4,7-8H2,1-2H3,(H2,15,17). The molecule has 17 heavy (non-hydrogen) atoms. The maximum absolute atomic E-state index is 11.8. The van der Waals surface area contributed by atoms with E-state index < -0.39 is 5.54 Å². The Morgan fingerprint density at radius 2 is 2.06 bits per heavy atom. The molecule has 1 fully saturated rings. The second kappa shape index (κ2) is 4.49. The summed E-state index contributed by atoms with van der Waals surface area (Å²) in [5, 5.41) is 3.32. The van der Waals surface area contributed by atoms with Crippen molar-refractivity contribution in [2.45, 2.75) is 38.6 Å². The highest BCUT2D eigenvalue weighted by Crippen LogP contribution is 2.31. The maximum atomic E-state index is 11.8. The molecular weight excluding hydrogens is 212 g/mol. The zero-order valence-electron chi connectivity index (χ0n) is 10.5. The molecule has 0 aromatic heterocycles. The summed E-state index contributed by atoms with van der Waals surface area (Å²) in [6, 6.07) is 6.16. The number of hydrogen-bond donors (Lipinski definition) is 2. The smallest absolute Gasteiger partial charge is 0.242 e.